The number of benzene rings is 2. The molecule has 0 bridgehead atoms. The molecular weight excluding hydrogens is 332 g/mol. The number of carbonyl (C=O) groups excluding carboxylic acids is 1. The molecule has 7 nitrogen and oxygen atoms in total. The molecule has 132 valence electrons. The van der Waals surface area contributed by atoms with E-state index in [1.54, 1.807) is 12.3 Å². The highest BCUT2D eigenvalue weighted by Crippen LogP contribution is 2.29. The molecule has 3 aromatic rings. The molecule has 2 aromatic carbocycles. The van der Waals surface area contributed by atoms with Crippen LogP contribution in [0.25, 0.3) is 10.9 Å². The van der Waals surface area contributed by atoms with Crippen LogP contribution in [0.1, 0.15) is 30.0 Å². The van der Waals surface area contributed by atoms with Gasteiger partial charge in [-0.15, -0.1) is 0 Å². The summed E-state index contributed by atoms with van der Waals surface area (Å²) in [4.78, 5) is 23.1. The van der Waals surface area contributed by atoms with E-state index in [1.165, 1.54) is 27.9 Å². The van der Waals surface area contributed by atoms with Crippen LogP contribution in [-0.2, 0) is 17.8 Å². The summed E-state index contributed by atoms with van der Waals surface area (Å²) in [5.74, 6) is -0.150. The molecule has 0 radical (unpaired) electrons. The van der Waals surface area contributed by atoms with Gasteiger partial charge in [0.05, 0.1) is 22.7 Å². The minimum atomic E-state index is -0.449. The molecule has 1 amide bonds. The fraction of sp³-hybridized carbons (Fsp3) is 0.263. The van der Waals surface area contributed by atoms with Crippen molar-refractivity contribution in [3.8, 4) is 0 Å². The van der Waals surface area contributed by atoms with E-state index in [0.29, 0.717) is 5.52 Å². The van der Waals surface area contributed by atoms with E-state index < -0.39 is 4.92 Å². The highest BCUT2D eigenvalue weighted by molar-refractivity contribution is 5.83. The number of rotatable bonds is 4. The van der Waals surface area contributed by atoms with Crippen molar-refractivity contribution in [1.29, 1.82) is 0 Å². The Hall–Kier alpha value is -3.22. The van der Waals surface area contributed by atoms with Crippen molar-refractivity contribution in [3.63, 3.8) is 0 Å². The maximum atomic E-state index is 12.5. The van der Waals surface area contributed by atoms with Crippen LogP contribution in [0.2, 0.25) is 0 Å². The molecule has 26 heavy (non-hydrogen) atoms. The molecule has 0 saturated carbocycles. The highest BCUT2D eigenvalue weighted by Gasteiger charge is 2.22. The van der Waals surface area contributed by atoms with Crippen LogP contribution in [0.3, 0.4) is 0 Å². The summed E-state index contributed by atoms with van der Waals surface area (Å²) >= 11 is 0. The predicted octanol–water partition coefficient (Wildman–Crippen LogP) is 3.14. The molecule has 0 spiro atoms. The Balaban J connectivity index is 1.53. The standard InChI is InChI=1S/C19H18N4O3/c24-19(21-17-7-3-5-13-4-1-2-6-16(13)17)12-22-18-10-15(23(25)26)9-8-14(18)11-20-22/h1-2,4,6,8-11,17H,3,5,7,12H2,(H,21,24). The van der Waals surface area contributed by atoms with Crippen molar-refractivity contribution < 1.29 is 9.72 Å². The van der Waals surface area contributed by atoms with Gasteiger partial charge in [-0.05, 0) is 36.5 Å². The Morgan fingerprint density at radius 2 is 2.15 bits per heavy atom. The van der Waals surface area contributed by atoms with Gasteiger partial charge < -0.3 is 5.32 Å². The second kappa shape index (κ2) is 6.59. The number of hydrogen-bond donors (Lipinski definition) is 1. The second-order valence-corrected chi connectivity index (χ2v) is 6.51. The summed E-state index contributed by atoms with van der Waals surface area (Å²) in [7, 11) is 0. The zero-order valence-electron chi connectivity index (χ0n) is 14.1. The van der Waals surface area contributed by atoms with Crippen LogP contribution in [0.15, 0.2) is 48.7 Å². The van der Waals surface area contributed by atoms with E-state index >= 15 is 0 Å². The molecular formula is C19H18N4O3. The summed E-state index contributed by atoms with van der Waals surface area (Å²) in [6.45, 7) is 0.0311. The topological polar surface area (TPSA) is 90.1 Å². The van der Waals surface area contributed by atoms with E-state index in [4.69, 9.17) is 0 Å². The number of nitro groups is 1. The molecule has 1 N–H and O–H groups in total. The number of fused-ring (bicyclic) bond motifs is 2. The van der Waals surface area contributed by atoms with Crippen LogP contribution in [-0.4, -0.2) is 20.6 Å². The average Bonchev–Trinajstić information content (AvgIpc) is 3.04. The lowest BCUT2D eigenvalue weighted by molar-refractivity contribution is -0.384. The zero-order chi connectivity index (χ0) is 18.1. The van der Waals surface area contributed by atoms with Crippen molar-refractivity contribution in [2.24, 2.45) is 0 Å². The van der Waals surface area contributed by atoms with Gasteiger partial charge in [-0.25, -0.2) is 0 Å². The number of carbonyl (C=O) groups is 1. The van der Waals surface area contributed by atoms with Gasteiger partial charge in [0.1, 0.15) is 6.54 Å². The van der Waals surface area contributed by atoms with E-state index in [1.807, 2.05) is 12.1 Å². The Morgan fingerprint density at radius 1 is 1.31 bits per heavy atom. The SMILES string of the molecule is O=C(Cn1ncc2ccc([N+](=O)[O-])cc21)NC1CCCc2ccccc21. The lowest BCUT2D eigenvalue weighted by Crippen LogP contribution is -2.33. The van der Waals surface area contributed by atoms with Gasteiger partial charge in [0.15, 0.2) is 0 Å². The fourth-order valence-electron chi connectivity index (χ4n) is 3.58. The Bertz CT molecular complexity index is 995. The number of amides is 1. The second-order valence-electron chi connectivity index (χ2n) is 6.51. The van der Waals surface area contributed by atoms with Crippen molar-refractivity contribution in [3.05, 3.63) is 69.9 Å². The normalized spacial score (nSPS) is 16.2. The minimum Gasteiger partial charge on any atom is -0.348 e. The third-order valence-corrected chi connectivity index (χ3v) is 4.84. The highest BCUT2D eigenvalue weighted by atomic mass is 16.6. The van der Waals surface area contributed by atoms with Crippen LogP contribution in [0.5, 0.6) is 0 Å². The predicted molar refractivity (Wildman–Crippen MR) is 96.7 cm³/mol. The van der Waals surface area contributed by atoms with Gasteiger partial charge in [-0.1, -0.05) is 24.3 Å². The first-order valence-electron chi connectivity index (χ1n) is 8.59. The first kappa shape index (κ1) is 16.3. The first-order valence-corrected chi connectivity index (χ1v) is 8.59. The summed E-state index contributed by atoms with van der Waals surface area (Å²) < 4.78 is 1.51. The zero-order valence-corrected chi connectivity index (χ0v) is 14.1. The van der Waals surface area contributed by atoms with Crippen LogP contribution in [0.4, 0.5) is 5.69 Å². The Morgan fingerprint density at radius 3 is 3.00 bits per heavy atom. The van der Waals surface area contributed by atoms with Crippen LogP contribution in [0, 0.1) is 10.1 Å². The van der Waals surface area contributed by atoms with Gasteiger partial charge in [-0.3, -0.25) is 19.6 Å². The van der Waals surface area contributed by atoms with Gasteiger partial charge in [-0.2, -0.15) is 5.10 Å². The third kappa shape index (κ3) is 3.03. The van der Waals surface area contributed by atoms with Crippen LogP contribution >= 0.6 is 0 Å². The van der Waals surface area contributed by atoms with Gasteiger partial charge in [0.25, 0.3) is 5.69 Å². The maximum Gasteiger partial charge on any atom is 0.271 e. The number of aryl methyl sites for hydroxylation is 1. The average molecular weight is 350 g/mol. The number of nitro benzene ring substituents is 1. The molecule has 0 saturated heterocycles. The van der Waals surface area contributed by atoms with Crippen molar-refractivity contribution >= 4 is 22.5 Å². The molecule has 0 fully saturated rings. The van der Waals surface area contributed by atoms with Gasteiger partial charge in [0, 0.05) is 17.5 Å². The number of aromatic nitrogens is 2. The molecule has 1 unspecified atom stereocenters. The van der Waals surface area contributed by atoms with E-state index in [-0.39, 0.29) is 24.2 Å². The molecule has 1 heterocycles. The summed E-state index contributed by atoms with van der Waals surface area (Å²) in [5, 5.41) is 19.0. The maximum absolute atomic E-state index is 12.5. The molecule has 4 rings (SSSR count). The summed E-state index contributed by atoms with van der Waals surface area (Å²) in [5.41, 5.74) is 3.02. The minimum absolute atomic E-state index is 0.00334. The molecule has 0 aliphatic heterocycles. The summed E-state index contributed by atoms with van der Waals surface area (Å²) in [6, 6.07) is 12.7. The number of nitrogens with zero attached hydrogens (tertiary/aromatic N) is 3. The monoisotopic (exact) mass is 350 g/mol. The van der Waals surface area contributed by atoms with Gasteiger partial charge >= 0.3 is 0 Å². The molecule has 1 aliphatic carbocycles. The van der Waals surface area contributed by atoms with Gasteiger partial charge in [0.2, 0.25) is 5.91 Å². The number of hydrogen-bond acceptors (Lipinski definition) is 4. The van der Waals surface area contributed by atoms with Crippen molar-refractivity contribution in [2.45, 2.75) is 31.8 Å². The number of nitrogens with one attached hydrogen (secondary N) is 1. The Kier molecular flexibility index (Phi) is 4.12. The van der Waals surface area contributed by atoms with Crippen molar-refractivity contribution in [2.75, 3.05) is 0 Å². The lowest BCUT2D eigenvalue weighted by atomic mass is 9.88. The fourth-order valence-corrected chi connectivity index (χ4v) is 3.58. The van der Waals surface area contributed by atoms with E-state index in [9.17, 15) is 14.9 Å². The molecule has 1 aliphatic rings. The van der Waals surface area contributed by atoms with E-state index in [2.05, 4.69) is 22.5 Å². The molecule has 1 aromatic heterocycles. The Labute approximate surface area is 149 Å². The lowest BCUT2D eigenvalue weighted by Gasteiger charge is -2.26. The first-order chi connectivity index (χ1) is 12.6. The third-order valence-electron chi connectivity index (χ3n) is 4.84. The smallest absolute Gasteiger partial charge is 0.271 e. The summed E-state index contributed by atoms with van der Waals surface area (Å²) in [6.07, 6.45) is 4.60. The number of non-ortho nitro benzene ring substituents is 1. The molecule has 1 atom stereocenters. The van der Waals surface area contributed by atoms with Crippen LogP contribution < -0.4 is 5.32 Å². The molecule has 7 heteroatoms. The largest absolute Gasteiger partial charge is 0.348 e. The van der Waals surface area contributed by atoms with Crippen molar-refractivity contribution in [1.82, 2.24) is 15.1 Å². The van der Waals surface area contributed by atoms with E-state index in [0.717, 1.165) is 24.6 Å². The quantitative estimate of drug-likeness (QED) is 0.578.